The van der Waals surface area contributed by atoms with E-state index < -0.39 is 0 Å². The lowest BCUT2D eigenvalue weighted by molar-refractivity contribution is -0.117. The molecule has 1 aromatic carbocycles. The molecule has 1 saturated carbocycles. The highest BCUT2D eigenvalue weighted by Crippen LogP contribution is 2.17. The van der Waals surface area contributed by atoms with Crippen LogP contribution < -0.4 is 10.1 Å². The third-order valence-electron chi connectivity index (χ3n) is 4.97. The molecule has 3 heteroatoms. The molecule has 0 heterocycles. The van der Waals surface area contributed by atoms with Gasteiger partial charge in [0.2, 0.25) is 5.91 Å². The van der Waals surface area contributed by atoms with Gasteiger partial charge in [-0.15, -0.1) is 0 Å². The lowest BCUT2D eigenvalue weighted by Gasteiger charge is -2.18. The second-order valence-electron chi connectivity index (χ2n) is 7.07. The summed E-state index contributed by atoms with van der Waals surface area (Å²) in [4.78, 5) is 12.3. The fraction of sp³-hybridized carbons (Fsp3) is 0.591. The second-order valence-corrected chi connectivity index (χ2v) is 7.07. The van der Waals surface area contributed by atoms with Gasteiger partial charge in [-0.25, -0.2) is 0 Å². The molecule has 0 atom stereocenters. The van der Waals surface area contributed by atoms with E-state index in [2.05, 4.69) is 5.32 Å². The van der Waals surface area contributed by atoms with Gasteiger partial charge in [0.15, 0.2) is 0 Å². The summed E-state index contributed by atoms with van der Waals surface area (Å²) in [6.07, 6.45) is 17.6. The maximum Gasteiger partial charge on any atom is 0.244 e. The molecule has 138 valence electrons. The van der Waals surface area contributed by atoms with Crippen LogP contribution in [-0.4, -0.2) is 19.1 Å². The highest BCUT2D eigenvalue weighted by atomic mass is 16.5. The topological polar surface area (TPSA) is 38.3 Å². The summed E-state index contributed by atoms with van der Waals surface area (Å²) in [5.41, 5.74) is 0.980. The van der Waals surface area contributed by atoms with Crippen molar-refractivity contribution in [2.45, 2.75) is 76.7 Å². The van der Waals surface area contributed by atoms with Gasteiger partial charge in [0.25, 0.3) is 0 Å². The SMILES string of the molecule is COc1cccc(/C=C/C(=O)NC2CCCCCCCCCCC2)c1. The molecule has 0 bridgehead atoms. The van der Waals surface area contributed by atoms with E-state index in [4.69, 9.17) is 4.74 Å². The van der Waals surface area contributed by atoms with Crippen LogP contribution in [0.3, 0.4) is 0 Å². The van der Waals surface area contributed by atoms with Crippen LogP contribution >= 0.6 is 0 Å². The molecule has 0 radical (unpaired) electrons. The van der Waals surface area contributed by atoms with E-state index in [1.807, 2.05) is 30.3 Å². The van der Waals surface area contributed by atoms with Gasteiger partial charge in [0.05, 0.1) is 7.11 Å². The molecule has 1 aromatic rings. The van der Waals surface area contributed by atoms with Crippen LogP contribution in [0.4, 0.5) is 0 Å². The van der Waals surface area contributed by atoms with Crippen molar-refractivity contribution in [2.75, 3.05) is 7.11 Å². The van der Waals surface area contributed by atoms with E-state index in [0.29, 0.717) is 6.04 Å². The summed E-state index contributed by atoms with van der Waals surface area (Å²) in [7, 11) is 1.65. The molecular formula is C22H33NO2. The molecule has 1 aliphatic carbocycles. The number of carbonyl (C=O) groups excluding carboxylic acids is 1. The van der Waals surface area contributed by atoms with Crippen molar-refractivity contribution in [1.29, 1.82) is 0 Å². The smallest absolute Gasteiger partial charge is 0.244 e. The minimum absolute atomic E-state index is 0.0138. The maximum absolute atomic E-state index is 12.3. The van der Waals surface area contributed by atoms with Crippen molar-refractivity contribution < 1.29 is 9.53 Å². The van der Waals surface area contributed by atoms with Crippen LogP contribution in [0.5, 0.6) is 5.75 Å². The Kier molecular flexibility index (Phi) is 9.17. The summed E-state index contributed by atoms with van der Waals surface area (Å²) in [6, 6.07) is 8.06. The normalized spacial score (nSPS) is 18.3. The first-order valence-corrected chi connectivity index (χ1v) is 9.90. The van der Waals surface area contributed by atoms with Gasteiger partial charge in [-0.3, -0.25) is 4.79 Å². The Labute approximate surface area is 152 Å². The average Bonchev–Trinajstić information content (AvgIpc) is 2.62. The summed E-state index contributed by atoms with van der Waals surface area (Å²) in [5.74, 6) is 0.821. The van der Waals surface area contributed by atoms with Crippen molar-refractivity contribution in [3.05, 3.63) is 35.9 Å². The van der Waals surface area contributed by atoms with Gasteiger partial charge in [0.1, 0.15) is 5.75 Å². The molecule has 3 nitrogen and oxygen atoms in total. The van der Waals surface area contributed by atoms with Crippen molar-refractivity contribution >= 4 is 12.0 Å². The molecular weight excluding hydrogens is 310 g/mol. The number of rotatable bonds is 4. The van der Waals surface area contributed by atoms with Gasteiger partial charge >= 0.3 is 0 Å². The monoisotopic (exact) mass is 343 g/mol. The fourth-order valence-corrected chi connectivity index (χ4v) is 3.47. The molecule has 2 rings (SSSR count). The standard InChI is InChI=1S/C22H33NO2/c1-25-21-15-11-12-19(18-21)16-17-22(24)23-20-13-9-7-5-3-2-4-6-8-10-14-20/h11-12,15-18,20H,2-10,13-14H2,1H3,(H,23,24)/b17-16+. The molecule has 0 spiro atoms. The van der Waals surface area contributed by atoms with E-state index in [1.165, 1.54) is 57.8 Å². The van der Waals surface area contributed by atoms with Crippen LogP contribution in [0.25, 0.3) is 6.08 Å². The summed E-state index contributed by atoms with van der Waals surface area (Å²) in [5, 5.41) is 3.21. The first-order valence-electron chi connectivity index (χ1n) is 9.90. The van der Waals surface area contributed by atoms with Crippen LogP contribution in [0, 0.1) is 0 Å². The summed E-state index contributed by atoms with van der Waals surface area (Å²) in [6.45, 7) is 0. The van der Waals surface area contributed by atoms with Crippen LogP contribution in [0.1, 0.15) is 76.2 Å². The minimum atomic E-state index is 0.0138. The third kappa shape index (κ3) is 8.24. The Morgan fingerprint density at radius 3 is 2.20 bits per heavy atom. The third-order valence-corrected chi connectivity index (χ3v) is 4.97. The van der Waals surface area contributed by atoms with E-state index in [-0.39, 0.29) is 5.91 Å². The predicted octanol–water partition coefficient (Wildman–Crippen LogP) is 5.50. The average molecular weight is 344 g/mol. The Hall–Kier alpha value is -1.77. The van der Waals surface area contributed by atoms with Crippen molar-refractivity contribution in [1.82, 2.24) is 5.32 Å². The maximum atomic E-state index is 12.3. The van der Waals surface area contributed by atoms with Gasteiger partial charge < -0.3 is 10.1 Å². The predicted molar refractivity (Wildman–Crippen MR) is 105 cm³/mol. The lowest BCUT2D eigenvalue weighted by atomic mass is 9.98. The molecule has 0 unspecified atom stereocenters. The van der Waals surface area contributed by atoms with E-state index in [0.717, 1.165) is 24.2 Å². The Balaban J connectivity index is 1.83. The zero-order valence-corrected chi connectivity index (χ0v) is 15.6. The Bertz CT molecular complexity index is 527. The first-order chi connectivity index (χ1) is 12.3. The van der Waals surface area contributed by atoms with E-state index in [1.54, 1.807) is 13.2 Å². The number of carbonyl (C=O) groups is 1. The lowest BCUT2D eigenvalue weighted by Crippen LogP contribution is -2.33. The van der Waals surface area contributed by atoms with E-state index in [9.17, 15) is 4.79 Å². The number of amides is 1. The van der Waals surface area contributed by atoms with Crippen LogP contribution in [0.2, 0.25) is 0 Å². The largest absolute Gasteiger partial charge is 0.497 e. The fourth-order valence-electron chi connectivity index (χ4n) is 3.47. The Morgan fingerprint density at radius 2 is 1.60 bits per heavy atom. The molecule has 0 aliphatic heterocycles. The number of hydrogen-bond acceptors (Lipinski definition) is 2. The molecule has 1 fully saturated rings. The highest BCUT2D eigenvalue weighted by Gasteiger charge is 2.11. The summed E-state index contributed by atoms with van der Waals surface area (Å²) < 4.78 is 5.22. The van der Waals surface area contributed by atoms with Gasteiger partial charge in [-0.05, 0) is 36.6 Å². The van der Waals surface area contributed by atoms with Crippen molar-refractivity contribution in [3.8, 4) is 5.75 Å². The van der Waals surface area contributed by atoms with Crippen LogP contribution in [-0.2, 0) is 4.79 Å². The number of hydrogen-bond donors (Lipinski definition) is 1. The van der Waals surface area contributed by atoms with Gasteiger partial charge in [-0.2, -0.15) is 0 Å². The quantitative estimate of drug-likeness (QED) is 0.733. The van der Waals surface area contributed by atoms with Gasteiger partial charge in [-0.1, -0.05) is 69.9 Å². The molecule has 0 saturated heterocycles. The van der Waals surface area contributed by atoms with E-state index >= 15 is 0 Å². The summed E-state index contributed by atoms with van der Waals surface area (Å²) >= 11 is 0. The number of ether oxygens (including phenoxy) is 1. The molecule has 0 aromatic heterocycles. The van der Waals surface area contributed by atoms with Crippen LogP contribution in [0.15, 0.2) is 30.3 Å². The first kappa shape index (κ1) is 19.6. The van der Waals surface area contributed by atoms with Gasteiger partial charge in [0, 0.05) is 12.1 Å². The van der Waals surface area contributed by atoms with Crippen molar-refractivity contribution in [3.63, 3.8) is 0 Å². The molecule has 1 amide bonds. The number of nitrogens with one attached hydrogen (secondary N) is 1. The zero-order valence-electron chi connectivity index (χ0n) is 15.6. The highest BCUT2D eigenvalue weighted by molar-refractivity contribution is 5.91. The van der Waals surface area contributed by atoms with Crippen molar-refractivity contribution in [2.24, 2.45) is 0 Å². The second kappa shape index (κ2) is 11.7. The zero-order chi connectivity index (χ0) is 17.7. The number of benzene rings is 1. The Morgan fingerprint density at radius 1 is 1.00 bits per heavy atom. The minimum Gasteiger partial charge on any atom is -0.497 e. The molecule has 25 heavy (non-hydrogen) atoms. The molecule has 1 aliphatic rings. The number of methoxy groups -OCH3 is 1. The molecule has 1 N–H and O–H groups in total.